The molecule has 2 fully saturated rings. The molecule has 8 nitrogen and oxygen atoms in total. The van der Waals surface area contributed by atoms with Crippen LogP contribution in [-0.2, 0) is 4.74 Å². The zero-order chi connectivity index (χ0) is 17.4. The minimum atomic E-state index is -0.291. The number of fused-ring (bicyclic) bond motifs is 1. The Morgan fingerprint density at radius 2 is 2.12 bits per heavy atom. The average molecular weight is 342 g/mol. The van der Waals surface area contributed by atoms with Crippen molar-refractivity contribution in [3.63, 3.8) is 0 Å². The molecule has 2 aliphatic rings. The summed E-state index contributed by atoms with van der Waals surface area (Å²) < 4.78 is 10.2. The fourth-order valence-corrected chi connectivity index (χ4v) is 3.18. The summed E-state index contributed by atoms with van der Waals surface area (Å²) in [5.74, 6) is 0.646. The minimum absolute atomic E-state index is 0.0609. The predicted octanol–water partition coefficient (Wildman–Crippen LogP) is 1.36. The number of cyclic esters (lactones) is 1. The number of hydrogen-bond acceptors (Lipinski definition) is 5. The topological polar surface area (TPSA) is 87.8 Å². The number of carbonyl (C=O) groups is 2. The van der Waals surface area contributed by atoms with E-state index < -0.39 is 0 Å². The van der Waals surface area contributed by atoms with E-state index in [4.69, 9.17) is 9.47 Å². The van der Waals surface area contributed by atoms with Crippen molar-refractivity contribution in [1.82, 2.24) is 20.0 Å². The molecule has 0 bridgehead atoms. The molecule has 4 rings (SSSR count). The number of aromatic nitrogens is 2. The molecule has 1 N–H and O–H groups in total. The van der Waals surface area contributed by atoms with E-state index in [-0.39, 0.29) is 18.0 Å². The molecule has 3 heterocycles. The van der Waals surface area contributed by atoms with Gasteiger partial charge < -0.3 is 14.4 Å². The fourth-order valence-electron chi connectivity index (χ4n) is 3.18. The summed E-state index contributed by atoms with van der Waals surface area (Å²) >= 11 is 0. The Morgan fingerprint density at radius 1 is 1.32 bits per heavy atom. The second-order valence-electron chi connectivity index (χ2n) is 6.07. The van der Waals surface area contributed by atoms with E-state index in [9.17, 15) is 9.59 Å². The van der Waals surface area contributed by atoms with Crippen molar-refractivity contribution >= 4 is 12.0 Å². The zero-order valence-corrected chi connectivity index (χ0v) is 13.8. The maximum absolute atomic E-state index is 12.7. The van der Waals surface area contributed by atoms with Crippen LogP contribution in [0, 0.1) is 0 Å². The van der Waals surface area contributed by atoms with Gasteiger partial charge in [0.1, 0.15) is 18.1 Å². The van der Waals surface area contributed by atoms with Crippen LogP contribution in [0.1, 0.15) is 10.5 Å². The largest absolute Gasteiger partial charge is 0.497 e. The van der Waals surface area contributed by atoms with Gasteiger partial charge in [0, 0.05) is 25.2 Å². The van der Waals surface area contributed by atoms with Crippen LogP contribution in [0.25, 0.3) is 11.3 Å². The van der Waals surface area contributed by atoms with Gasteiger partial charge in [0.2, 0.25) is 0 Å². The monoisotopic (exact) mass is 342 g/mol. The van der Waals surface area contributed by atoms with Gasteiger partial charge in [0.05, 0.1) is 18.8 Å². The number of hydrogen-bond donors (Lipinski definition) is 1. The normalized spacial score (nSPS) is 19.6. The van der Waals surface area contributed by atoms with E-state index in [0.717, 1.165) is 11.3 Å². The number of nitrogens with zero attached hydrogens (tertiary/aromatic N) is 3. The summed E-state index contributed by atoms with van der Waals surface area (Å²) in [6.45, 7) is 1.79. The van der Waals surface area contributed by atoms with E-state index in [2.05, 4.69) is 10.2 Å². The van der Waals surface area contributed by atoms with E-state index in [1.807, 2.05) is 24.3 Å². The molecule has 8 heteroatoms. The first kappa shape index (κ1) is 15.5. The van der Waals surface area contributed by atoms with Gasteiger partial charge in [-0.05, 0) is 30.3 Å². The molecule has 0 aliphatic carbocycles. The van der Waals surface area contributed by atoms with Gasteiger partial charge in [-0.3, -0.25) is 14.8 Å². The molecule has 25 heavy (non-hydrogen) atoms. The highest BCUT2D eigenvalue weighted by Crippen LogP contribution is 2.23. The van der Waals surface area contributed by atoms with Gasteiger partial charge in [-0.25, -0.2) is 4.79 Å². The van der Waals surface area contributed by atoms with Crippen LogP contribution in [0.4, 0.5) is 4.79 Å². The number of ether oxygens (including phenoxy) is 2. The molecule has 1 unspecified atom stereocenters. The number of methoxy groups -OCH3 is 1. The zero-order valence-electron chi connectivity index (χ0n) is 13.8. The highest BCUT2D eigenvalue weighted by molar-refractivity contribution is 5.93. The molecule has 0 radical (unpaired) electrons. The summed E-state index contributed by atoms with van der Waals surface area (Å²) in [6.07, 6.45) is -0.291. The lowest BCUT2D eigenvalue weighted by atomic mass is 10.1. The maximum atomic E-state index is 12.7. The number of carbonyl (C=O) groups excluding carboxylic acids is 2. The summed E-state index contributed by atoms with van der Waals surface area (Å²) in [7, 11) is 1.61. The van der Waals surface area contributed by atoms with Crippen LogP contribution in [0.2, 0.25) is 0 Å². The standard InChI is InChI=1S/C17H18N4O4/c1-24-13-4-2-11(3-5-13)14-8-15(19-18-14)16(22)20-6-7-21-12(9-20)10-25-17(21)23/h2-5,8,12H,6-7,9-10H2,1H3,(H,18,19). The van der Waals surface area contributed by atoms with Gasteiger partial charge in [0.15, 0.2) is 0 Å². The molecule has 1 aromatic heterocycles. The molecule has 0 spiro atoms. The third kappa shape index (κ3) is 2.79. The molecule has 0 saturated carbocycles. The van der Waals surface area contributed by atoms with Crippen molar-refractivity contribution in [2.24, 2.45) is 0 Å². The Labute approximate surface area is 144 Å². The van der Waals surface area contributed by atoms with Crippen molar-refractivity contribution in [2.45, 2.75) is 6.04 Å². The van der Waals surface area contributed by atoms with Gasteiger partial charge in [-0.2, -0.15) is 5.10 Å². The molecule has 1 aromatic carbocycles. The molecule has 2 amide bonds. The second kappa shape index (κ2) is 6.12. The number of amides is 2. The number of benzene rings is 1. The van der Waals surface area contributed by atoms with Gasteiger partial charge in [-0.15, -0.1) is 0 Å². The summed E-state index contributed by atoms with van der Waals surface area (Å²) in [5, 5.41) is 7.05. The van der Waals surface area contributed by atoms with Gasteiger partial charge >= 0.3 is 6.09 Å². The molecule has 130 valence electrons. The summed E-state index contributed by atoms with van der Waals surface area (Å²) in [5.41, 5.74) is 2.03. The van der Waals surface area contributed by atoms with Crippen LogP contribution >= 0.6 is 0 Å². The van der Waals surface area contributed by atoms with Gasteiger partial charge in [-0.1, -0.05) is 0 Å². The lowest BCUT2D eigenvalue weighted by Crippen LogP contribution is -2.53. The summed E-state index contributed by atoms with van der Waals surface area (Å²) in [4.78, 5) is 27.7. The third-order valence-corrected chi connectivity index (χ3v) is 4.60. The molecule has 1 atom stereocenters. The Kier molecular flexibility index (Phi) is 3.79. The molecule has 2 saturated heterocycles. The number of aromatic amines is 1. The number of rotatable bonds is 3. The van der Waals surface area contributed by atoms with Crippen molar-refractivity contribution in [1.29, 1.82) is 0 Å². The van der Waals surface area contributed by atoms with Crippen molar-refractivity contribution in [3.8, 4) is 17.0 Å². The molecular weight excluding hydrogens is 324 g/mol. The SMILES string of the molecule is COc1ccc(-c2cc(C(=O)N3CCN4C(=O)OCC4C3)[nH]n2)cc1. The Hall–Kier alpha value is -3.03. The minimum Gasteiger partial charge on any atom is -0.497 e. The number of H-pyrrole nitrogens is 1. The smallest absolute Gasteiger partial charge is 0.410 e. The highest BCUT2D eigenvalue weighted by Gasteiger charge is 2.39. The van der Waals surface area contributed by atoms with E-state index in [0.29, 0.717) is 37.6 Å². The Balaban J connectivity index is 1.48. The van der Waals surface area contributed by atoms with Crippen molar-refractivity contribution in [3.05, 3.63) is 36.0 Å². The predicted molar refractivity (Wildman–Crippen MR) is 88.3 cm³/mol. The van der Waals surface area contributed by atoms with E-state index in [1.54, 1.807) is 23.0 Å². The fraction of sp³-hybridized carbons (Fsp3) is 0.353. The molecular formula is C17H18N4O4. The lowest BCUT2D eigenvalue weighted by Gasteiger charge is -2.35. The van der Waals surface area contributed by atoms with Gasteiger partial charge in [0.25, 0.3) is 5.91 Å². The third-order valence-electron chi connectivity index (χ3n) is 4.60. The van der Waals surface area contributed by atoms with Crippen LogP contribution in [0.5, 0.6) is 5.75 Å². The van der Waals surface area contributed by atoms with Crippen LogP contribution in [0.15, 0.2) is 30.3 Å². The summed E-state index contributed by atoms with van der Waals surface area (Å²) in [6, 6.07) is 9.16. The maximum Gasteiger partial charge on any atom is 0.410 e. The first-order chi connectivity index (χ1) is 12.2. The first-order valence-corrected chi connectivity index (χ1v) is 8.08. The Morgan fingerprint density at radius 3 is 2.88 bits per heavy atom. The Bertz CT molecular complexity index is 801. The van der Waals surface area contributed by atoms with Crippen LogP contribution < -0.4 is 4.74 Å². The molecule has 2 aromatic rings. The highest BCUT2D eigenvalue weighted by atomic mass is 16.6. The molecule has 2 aliphatic heterocycles. The second-order valence-corrected chi connectivity index (χ2v) is 6.07. The van der Waals surface area contributed by atoms with Crippen LogP contribution in [0.3, 0.4) is 0 Å². The number of nitrogens with one attached hydrogen (secondary N) is 1. The quantitative estimate of drug-likeness (QED) is 0.910. The lowest BCUT2D eigenvalue weighted by molar-refractivity contribution is 0.0611. The average Bonchev–Trinajstić information content (AvgIpc) is 3.28. The van der Waals surface area contributed by atoms with E-state index in [1.165, 1.54) is 0 Å². The number of piperazine rings is 1. The first-order valence-electron chi connectivity index (χ1n) is 8.08. The van der Waals surface area contributed by atoms with Crippen molar-refractivity contribution in [2.75, 3.05) is 33.4 Å². The van der Waals surface area contributed by atoms with Crippen molar-refractivity contribution < 1.29 is 19.1 Å². The van der Waals surface area contributed by atoms with E-state index >= 15 is 0 Å². The van der Waals surface area contributed by atoms with Crippen LogP contribution in [-0.4, -0.2) is 71.4 Å².